The molecule has 1 unspecified atom stereocenters. The summed E-state index contributed by atoms with van der Waals surface area (Å²) in [4.78, 5) is 19.4. The Kier molecular flexibility index (Phi) is 8.37. The highest BCUT2D eigenvalue weighted by molar-refractivity contribution is 7.92. The van der Waals surface area contributed by atoms with Gasteiger partial charge in [0.15, 0.2) is 0 Å². The number of nitrogens with zero attached hydrogens (tertiary/aromatic N) is 3. The average molecular weight is 493 g/mol. The van der Waals surface area contributed by atoms with Crippen molar-refractivity contribution < 1.29 is 17.9 Å². The third kappa shape index (κ3) is 6.64. The topological polar surface area (TPSA) is 82.2 Å². The third-order valence-electron chi connectivity index (χ3n) is 7.40. The van der Waals surface area contributed by atoms with Crippen molar-refractivity contribution in [3.05, 3.63) is 29.3 Å². The number of carbonyl (C=O) groups is 1. The van der Waals surface area contributed by atoms with Gasteiger partial charge in [-0.1, -0.05) is 13.0 Å². The van der Waals surface area contributed by atoms with E-state index in [1.807, 2.05) is 21.9 Å². The molecule has 4 rings (SSSR count). The largest absolute Gasteiger partial charge is 0.378 e. The molecule has 0 radical (unpaired) electrons. The Bertz CT molecular complexity index is 940. The summed E-state index contributed by atoms with van der Waals surface area (Å²) in [5.74, 6) is 0.611. The van der Waals surface area contributed by atoms with Crippen molar-refractivity contribution in [2.75, 3.05) is 63.5 Å². The molecule has 2 aliphatic heterocycles. The van der Waals surface area contributed by atoms with Crippen LogP contribution in [0.5, 0.6) is 0 Å². The first-order chi connectivity index (χ1) is 16.3. The zero-order valence-electron chi connectivity index (χ0n) is 20.7. The quantitative estimate of drug-likeness (QED) is 0.633. The summed E-state index contributed by atoms with van der Waals surface area (Å²) >= 11 is 0. The molecule has 2 saturated heterocycles. The number of carbonyl (C=O) groups excluding carboxylic acids is 1. The molecule has 1 aromatic rings. The molecule has 0 spiro atoms. The molecule has 0 aromatic heterocycles. The number of morpholine rings is 1. The van der Waals surface area contributed by atoms with E-state index in [-0.39, 0.29) is 6.03 Å². The number of likely N-dealkylation sites (tertiary alicyclic amines) is 1. The van der Waals surface area contributed by atoms with E-state index in [1.165, 1.54) is 17.4 Å². The average Bonchev–Trinajstić information content (AvgIpc) is 2.83. The lowest BCUT2D eigenvalue weighted by molar-refractivity contribution is 0.0383. The highest BCUT2D eigenvalue weighted by atomic mass is 32.2. The van der Waals surface area contributed by atoms with Gasteiger partial charge < -0.3 is 14.5 Å². The van der Waals surface area contributed by atoms with Gasteiger partial charge >= 0.3 is 6.03 Å². The Hall–Kier alpha value is -1.84. The van der Waals surface area contributed by atoms with Crippen molar-refractivity contribution in [2.45, 2.75) is 51.5 Å². The Labute approximate surface area is 204 Å². The van der Waals surface area contributed by atoms with Crippen LogP contribution < -0.4 is 4.72 Å². The van der Waals surface area contributed by atoms with Crippen molar-refractivity contribution in [2.24, 2.45) is 5.92 Å². The number of hydrogen-bond acceptors (Lipinski definition) is 5. The number of anilines is 1. The van der Waals surface area contributed by atoms with Gasteiger partial charge in [-0.3, -0.25) is 9.62 Å². The number of sulfonamides is 1. The molecule has 34 heavy (non-hydrogen) atoms. The summed E-state index contributed by atoms with van der Waals surface area (Å²) in [6.07, 6.45) is 7.56. The number of aryl methyl sites for hydroxylation is 1. The van der Waals surface area contributed by atoms with Gasteiger partial charge in [0.1, 0.15) is 0 Å². The minimum absolute atomic E-state index is 0.176. The summed E-state index contributed by atoms with van der Waals surface area (Å²) in [6, 6.07) is 6.62. The van der Waals surface area contributed by atoms with Crippen LogP contribution in [-0.2, 0) is 27.6 Å². The lowest BCUT2D eigenvalue weighted by Gasteiger charge is -2.41. The molecule has 0 saturated carbocycles. The number of nitrogens with one attached hydrogen (secondary N) is 1. The second-order valence-corrected chi connectivity index (χ2v) is 11.8. The Morgan fingerprint density at radius 2 is 1.79 bits per heavy atom. The van der Waals surface area contributed by atoms with E-state index in [1.54, 1.807) is 0 Å². The first-order valence-corrected chi connectivity index (χ1v) is 14.7. The van der Waals surface area contributed by atoms with E-state index < -0.39 is 10.0 Å². The molecule has 2 amide bonds. The summed E-state index contributed by atoms with van der Waals surface area (Å²) in [7, 11) is -3.28. The molecule has 1 N–H and O–H groups in total. The first-order valence-electron chi connectivity index (χ1n) is 12.8. The first kappa shape index (κ1) is 25.3. The fourth-order valence-electron chi connectivity index (χ4n) is 5.63. The smallest absolute Gasteiger partial charge is 0.320 e. The maximum atomic E-state index is 12.8. The number of amides is 2. The summed E-state index contributed by atoms with van der Waals surface area (Å²) in [5, 5.41) is 0. The van der Waals surface area contributed by atoms with E-state index >= 15 is 0 Å². The molecular formula is C25H40N4O4S. The summed E-state index contributed by atoms with van der Waals surface area (Å²) in [5.41, 5.74) is 3.25. The Balaban J connectivity index is 1.33. The molecule has 3 aliphatic rings. The predicted octanol–water partition coefficient (Wildman–Crippen LogP) is 2.79. The summed E-state index contributed by atoms with van der Waals surface area (Å²) < 4.78 is 31.3. The Morgan fingerprint density at radius 1 is 1.09 bits per heavy atom. The maximum Gasteiger partial charge on any atom is 0.320 e. The predicted molar refractivity (Wildman–Crippen MR) is 135 cm³/mol. The standard InChI is InChI=1S/C25H40N4O4S/c1-3-10-29(19-20-8-11-27(12-9-20)25(30)28-13-15-33-16-14-28)24-7-5-21-4-6-23(17-22(21)18-24)26-34(2,31)32/h4,6,17,20,24,26H,3,5,7-16,18-19H2,1-2H3. The SMILES string of the molecule is CCCN(CC1CCN(C(=O)N2CCOCC2)CC1)C1CCc2ccc(NS(C)(=O)=O)cc2C1. The van der Waals surface area contributed by atoms with Gasteiger partial charge in [0.2, 0.25) is 10.0 Å². The monoisotopic (exact) mass is 492 g/mol. The van der Waals surface area contributed by atoms with Crippen LogP contribution in [0.1, 0.15) is 43.7 Å². The van der Waals surface area contributed by atoms with E-state index in [0.29, 0.717) is 44.0 Å². The van der Waals surface area contributed by atoms with Crippen LogP contribution in [0.15, 0.2) is 18.2 Å². The molecule has 190 valence electrons. The minimum Gasteiger partial charge on any atom is -0.378 e. The number of urea groups is 1. The van der Waals surface area contributed by atoms with Gasteiger partial charge in [0, 0.05) is 44.5 Å². The van der Waals surface area contributed by atoms with Gasteiger partial charge in [-0.05, 0) is 74.2 Å². The maximum absolute atomic E-state index is 12.8. The van der Waals surface area contributed by atoms with Crippen molar-refractivity contribution in [1.82, 2.24) is 14.7 Å². The third-order valence-corrected chi connectivity index (χ3v) is 8.01. The molecule has 0 bridgehead atoms. The van der Waals surface area contributed by atoms with Crippen LogP contribution in [0.4, 0.5) is 10.5 Å². The second kappa shape index (κ2) is 11.3. The molecule has 2 fully saturated rings. The van der Waals surface area contributed by atoms with E-state index in [9.17, 15) is 13.2 Å². The highest BCUT2D eigenvalue weighted by Gasteiger charge is 2.30. The zero-order chi connectivity index (χ0) is 24.1. The number of hydrogen-bond donors (Lipinski definition) is 1. The van der Waals surface area contributed by atoms with Crippen molar-refractivity contribution in [1.29, 1.82) is 0 Å². The van der Waals surface area contributed by atoms with Crippen LogP contribution in [0, 0.1) is 5.92 Å². The van der Waals surface area contributed by atoms with Crippen LogP contribution in [0.3, 0.4) is 0 Å². The number of rotatable bonds is 7. The fraction of sp³-hybridized carbons (Fsp3) is 0.720. The molecule has 1 aliphatic carbocycles. The number of fused-ring (bicyclic) bond motifs is 1. The van der Waals surface area contributed by atoms with Gasteiger partial charge in [-0.25, -0.2) is 13.2 Å². The molecule has 2 heterocycles. The van der Waals surface area contributed by atoms with E-state index in [2.05, 4.69) is 22.6 Å². The van der Waals surface area contributed by atoms with Gasteiger partial charge in [0.05, 0.1) is 19.5 Å². The highest BCUT2D eigenvalue weighted by Crippen LogP contribution is 2.29. The van der Waals surface area contributed by atoms with Crippen LogP contribution in [0.2, 0.25) is 0 Å². The zero-order valence-corrected chi connectivity index (χ0v) is 21.5. The van der Waals surface area contributed by atoms with Crippen LogP contribution >= 0.6 is 0 Å². The van der Waals surface area contributed by atoms with Crippen molar-refractivity contribution in [3.8, 4) is 0 Å². The summed E-state index contributed by atoms with van der Waals surface area (Å²) in [6.45, 7) is 8.77. The van der Waals surface area contributed by atoms with Gasteiger partial charge in [0.25, 0.3) is 0 Å². The lowest BCUT2D eigenvalue weighted by Crippen LogP contribution is -2.51. The van der Waals surface area contributed by atoms with Gasteiger partial charge in [-0.2, -0.15) is 0 Å². The van der Waals surface area contributed by atoms with Crippen molar-refractivity contribution >= 4 is 21.7 Å². The second-order valence-electron chi connectivity index (χ2n) is 10.1. The molecular weight excluding hydrogens is 452 g/mol. The number of benzene rings is 1. The molecule has 1 aromatic carbocycles. The number of piperidine rings is 1. The molecule has 9 heteroatoms. The molecule has 8 nitrogen and oxygen atoms in total. The fourth-order valence-corrected chi connectivity index (χ4v) is 6.19. The normalized spacial score (nSPS) is 22.0. The minimum atomic E-state index is -3.28. The number of ether oxygens (including phenoxy) is 1. The van der Waals surface area contributed by atoms with Crippen LogP contribution in [-0.4, -0.2) is 93.9 Å². The van der Waals surface area contributed by atoms with Gasteiger partial charge in [-0.15, -0.1) is 0 Å². The van der Waals surface area contributed by atoms with E-state index in [0.717, 1.165) is 64.7 Å². The molecule has 1 atom stereocenters. The van der Waals surface area contributed by atoms with E-state index in [4.69, 9.17) is 4.74 Å². The lowest BCUT2D eigenvalue weighted by atomic mass is 9.86. The Morgan fingerprint density at radius 3 is 2.47 bits per heavy atom. The van der Waals surface area contributed by atoms with Crippen molar-refractivity contribution in [3.63, 3.8) is 0 Å². The van der Waals surface area contributed by atoms with Crippen LogP contribution in [0.25, 0.3) is 0 Å².